The molecular formula is C13H23NO4. The first-order chi connectivity index (χ1) is 8.72. The van der Waals surface area contributed by atoms with Gasteiger partial charge in [-0.25, -0.2) is 0 Å². The number of nitrogens with one attached hydrogen (secondary N) is 1. The van der Waals surface area contributed by atoms with Crippen molar-refractivity contribution < 1.29 is 19.1 Å². The highest BCUT2D eigenvalue weighted by Crippen LogP contribution is 2.28. The lowest BCUT2D eigenvalue weighted by atomic mass is 10.3. The molecule has 0 unspecified atom stereocenters. The fourth-order valence-corrected chi connectivity index (χ4v) is 1.47. The van der Waals surface area contributed by atoms with Crippen LogP contribution < -0.4 is 5.32 Å². The molecule has 0 atom stereocenters. The molecule has 0 aromatic heterocycles. The standard InChI is InChI=1S/C13H23NO4/c1-2-18-13(16)7-6-12(15)14-8-3-9-17-10-11-4-5-11/h11H,2-10H2,1H3,(H,14,15). The van der Waals surface area contributed by atoms with Gasteiger partial charge in [-0.2, -0.15) is 0 Å². The van der Waals surface area contributed by atoms with Crippen molar-refractivity contribution in [2.24, 2.45) is 5.92 Å². The number of carbonyl (C=O) groups excluding carboxylic acids is 2. The van der Waals surface area contributed by atoms with E-state index in [1.54, 1.807) is 6.92 Å². The van der Waals surface area contributed by atoms with Crippen molar-refractivity contribution in [1.82, 2.24) is 5.32 Å². The SMILES string of the molecule is CCOC(=O)CCC(=O)NCCCOCC1CC1. The summed E-state index contributed by atoms with van der Waals surface area (Å²) >= 11 is 0. The van der Waals surface area contributed by atoms with Gasteiger partial charge in [-0.1, -0.05) is 0 Å². The third-order valence-electron chi connectivity index (χ3n) is 2.70. The average molecular weight is 257 g/mol. The minimum absolute atomic E-state index is 0.106. The summed E-state index contributed by atoms with van der Waals surface area (Å²) in [5.41, 5.74) is 0. The van der Waals surface area contributed by atoms with E-state index < -0.39 is 0 Å². The molecule has 1 saturated carbocycles. The van der Waals surface area contributed by atoms with E-state index in [2.05, 4.69) is 5.32 Å². The molecule has 1 aliphatic rings. The van der Waals surface area contributed by atoms with Gasteiger partial charge < -0.3 is 14.8 Å². The van der Waals surface area contributed by atoms with Crippen LogP contribution in [0.1, 0.15) is 39.0 Å². The zero-order valence-corrected chi connectivity index (χ0v) is 11.1. The molecule has 0 heterocycles. The van der Waals surface area contributed by atoms with Crippen LogP contribution in [0.4, 0.5) is 0 Å². The summed E-state index contributed by atoms with van der Waals surface area (Å²) in [7, 11) is 0. The summed E-state index contributed by atoms with van der Waals surface area (Å²) < 4.78 is 10.2. The second kappa shape index (κ2) is 8.91. The van der Waals surface area contributed by atoms with E-state index in [9.17, 15) is 9.59 Å². The lowest BCUT2D eigenvalue weighted by Gasteiger charge is -2.06. The molecular weight excluding hydrogens is 234 g/mol. The van der Waals surface area contributed by atoms with Crippen LogP contribution in [-0.2, 0) is 19.1 Å². The molecule has 1 N–H and O–H groups in total. The molecule has 0 saturated heterocycles. The van der Waals surface area contributed by atoms with E-state index in [1.165, 1.54) is 12.8 Å². The smallest absolute Gasteiger partial charge is 0.306 e. The van der Waals surface area contributed by atoms with Crippen molar-refractivity contribution in [1.29, 1.82) is 0 Å². The van der Waals surface area contributed by atoms with Crippen LogP contribution in [0.3, 0.4) is 0 Å². The minimum atomic E-state index is -0.319. The van der Waals surface area contributed by atoms with Crippen LogP contribution in [0, 0.1) is 5.92 Å². The van der Waals surface area contributed by atoms with Crippen molar-refractivity contribution in [3.63, 3.8) is 0 Å². The van der Waals surface area contributed by atoms with E-state index in [1.807, 2.05) is 0 Å². The average Bonchev–Trinajstić information content (AvgIpc) is 3.15. The number of ether oxygens (including phenoxy) is 2. The molecule has 5 heteroatoms. The van der Waals surface area contributed by atoms with Gasteiger partial charge in [0.1, 0.15) is 0 Å². The van der Waals surface area contributed by atoms with Gasteiger partial charge in [0.2, 0.25) is 5.91 Å². The quantitative estimate of drug-likeness (QED) is 0.473. The number of amides is 1. The monoisotopic (exact) mass is 257 g/mol. The van der Waals surface area contributed by atoms with E-state index in [4.69, 9.17) is 9.47 Å². The third kappa shape index (κ3) is 8.06. The Morgan fingerprint density at radius 1 is 1.28 bits per heavy atom. The van der Waals surface area contributed by atoms with Crippen molar-refractivity contribution in [3.05, 3.63) is 0 Å². The lowest BCUT2D eigenvalue weighted by Crippen LogP contribution is -2.26. The maximum atomic E-state index is 11.3. The van der Waals surface area contributed by atoms with E-state index in [0.29, 0.717) is 19.8 Å². The van der Waals surface area contributed by atoms with Crippen molar-refractivity contribution in [2.75, 3.05) is 26.4 Å². The summed E-state index contributed by atoms with van der Waals surface area (Å²) in [6.45, 7) is 4.26. The first kappa shape index (κ1) is 15.0. The molecule has 0 aromatic carbocycles. The minimum Gasteiger partial charge on any atom is -0.466 e. The molecule has 1 fully saturated rings. The van der Waals surface area contributed by atoms with Gasteiger partial charge in [-0.3, -0.25) is 9.59 Å². The first-order valence-corrected chi connectivity index (χ1v) is 6.72. The van der Waals surface area contributed by atoms with Crippen LogP contribution in [0.25, 0.3) is 0 Å². The van der Waals surface area contributed by atoms with E-state index in [-0.39, 0.29) is 24.7 Å². The van der Waals surface area contributed by atoms with E-state index >= 15 is 0 Å². The summed E-state index contributed by atoms with van der Waals surface area (Å²) in [6, 6.07) is 0. The molecule has 104 valence electrons. The molecule has 0 bridgehead atoms. The second-order valence-electron chi connectivity index (χ2n) is 4.53. The molecule has 0 aliphatic heterocycles. The molecule has 0 spiro atoms. The third-order valence-corrected chi connectivity index (χ3v) is 2.70. The summed E-state index contributed by atoms with van der Waals surface area (Å²) in [5.74, 6) is 0.356. The molecule has 0 radical (unpaired) electrons. The Balaban J connectivity index is 1.84. The van der Waals surface area contributed by atoms with Crippen LogP contribution in [-0.4, -0.2) is 38.2 Å². The highest BCUT2D eigenvalue weighted by molar-refractivity contribution is 5.81. The number of carbonyl (C=O) groups is 2. The Labute approximate surface area is 108 Å². The summed E-state index contributed by atoms with van der Waals surface area (Å²) in [6.07, 6.45) is 3.76. The van der Waals surface area contributed by atoms with Crippen molar-refractivity contribution >= 4 is 11.9 Å². The normalized spacial score (nSPS) is 14.3. The highest BCUT2D eigenvalue weighted by atomic mass is 16.5. The van der Waals surface area contributed by atoms with Crippen molar-refractivity contribution in [3.8, 4) is 0 Å². The Kier molecular flexibility index (Phi) is 7.41. The van der Waals surface area contributed by atoms with Gasteiger partial charge in [0, 0.05) is 26.2 Å². The van der Waals surface area contributed by atoms with Gasteiger partial charge in [-0.15, -0.1) is 0 Å². The van der Waals surface area contributed by atoms with Gasteiger partial charge in [0.15, 0.2) is 0 Å². The fraction of sp³-hybridized carbons (Fsp3) is 0.846. The lowest BCUT2D eigenvalue weighted by molar-refractivity contribution is -0.144. The topological polar surface area (TPSA) is 64.6 Å². The Morgan fingerprint density at radius 3 is 2.72 bits per heavy atom. The van der Waals surface area contributed by atoms with Crippen molar-refractivity contribution in [2.45, 2.75) is 39.0 Å². The Morgan fingerprint density at radius 2 is 2.06 bits per heavy atom. The molecule has 18 heavy (non-hydrogen) atoms. The summed E-state index contributed by atoms with van der Waals surface area (Å²) in [4.78, 5) is 22.4. The van der Waals surface area contributed by atoms with Gasteiger partial charge in [-0.05, 0) is 32.1 Å². The zero-order chi connectivity index (χ0) is 13.2. The predicted octanol–water partition coefficient (Wildman–Crippen LogP) is 1.26. The second-order valence-corrected chi connectivity index (χ2v) is 4.53. The van der Waals surface area contributed by atoms with Crippen LogP contribution in [0.15, 0.2) is 0 Å². The first-order valence-electron chi connectivity index (χ1n) is 6.72. The maximum absolute atomic E-state index is 11.3. The van der Waals surface area contributed by atoms with Gasteiger partial charge >= 0.3 is 5.97 Å². The van der Waals surface area contributed by atoms with E-state index in [0.717, 1.165) is 18.9 Å². The molecule has 5 nitrogen and oxygen atoms in total. The Hall–Kier alpha value is -1.10. The number of hydrogen-bond donors (Lipinski definition) is 1. The number of esters is 1. The number of hydrogen-bond acceptors (Lipinski definition) is 4. The highest BCUT2D eigenvalue weighted by Gasteiger charge is 2.20. The van der Waals surface area contributed by atoms with Crippen LogP contribution in [0.5, 0.6) is 0 Å². The Bertz CT molecular complexity index is 264. The molecule has 1 rings (SSSR count). The van der Waals surface area contributed by atoms with Gasteiger partial charge in [0.05, 0.1) is 13.0 Å². The number of rotatable bonds is 10. The molecule has 1 aliphatic carbocycles. The maximum Gasteiger partial charge on any atom is 0.306 e. The fourth-order valence-electron chi connectivity index (χ4n) is 1.47. The molecule has 1 amide bonds. The molecule has 0 aromatic rings. The van der Waals surface area contributed by atoms with Gasteiger partial charge in [0.25, 0.3) is 0 Å². The van der Waals surface area contributed by atoms with Crippen LogP contribution >= 0.6 is 0 Å². The predicted molar refractivity (Wildman–Crippen MR) is 67.0 cm³/mol. The zero-order valence-electron chi connectivity index (χ0n) is 11.1. The summed E-state index contributed by atoms with van der Waals surface area (Å²) in [5, 5.41) is 2.76. The van der Waals surface area contributed by atoms with Crippen LogP contribution in [0.2, 0.25) is 0 Å². The largest absolute Gasteiger partial charge is 0.466 e.